The third-order valence-corrected chi connectivity index (χ3v) is 2.27. The molecular weight excluding hydrogens is 236 g/mol. The van der Waals surface area contributed by atoms with Crippen molar-refractivity contribution in [2.45, 2.75) is 6.92 Å². The Morgan fingerprint density at radius 3 is 2.22 bits per heavy atom. The van der Waals surface area contributed by atoms with Crippen LogP contribution in [-0.2, 0) is 0 Å². The minimum absolute atomic E-state index is 0.0239. The number of hydrogen-bond donors (Lipinski definition) is 0. The number of nitrogens with zero attached hydrogens (tertiary/aromatic N) is 1. The fourth-order valence-electron chi connectivity index (χ4n) is 1.38. The van der Waals surface area contributed by atoms with Crippen molar-refractivity contribution in [3.05, 3.63) is 65.2 Å². The van der Waals surface area contributed by atoms with Crippen LogP contribution in [0.4, 0.5) is 8.78 Å². The lowest BCUT2D eigenvalue weighted by molar-refractivity contribution is 0.339. The quantitative estimate of drug-likeness (QED) is 0.598. The van der Waals surface area contributed by atoms with Gasteiger partial charge in [0, 0.05) is 18.2 Å². The first-order chi connectivity index (χ1) is 8.63. The van der Waals surface area contributed by atoms with Gasteiger partial charge in [0.1, 0.15) is 11.6 Å². The van der Waals surface area contributed by atoms with Gasteiger partial charge in [0.25, 0.3) is 0 Å². The number of benzene rings is 2. The highest BCUT2D eigenvalue weighted by molar-refractivity contribution is 5.79. The summed E-state index contributed by atoms with van der Waals surface area (Å²) in [5, 5.41) is 3.67. The second-order valence-electron chi connectivity index (χ2n) is 3.84. The van der Waals surface area contributed by atoms with Crippen molar-refractivity contribution < 1.29 is 13.6 Å². The number of hydrogen-bond acceptors (Lipinski definition) is 2. The molecule has 0 N–H and O–H groups in total. The second kappa shape index (κ2) is 5.40. The first-order valence-electron chi connectivity index (χ1n) is 5.36. The maximum atomic E-state index is 12.9. The third kappa shape index (κ3) is 3.38. The van der Waals surface area contributed by atoms with Crippen molar-refractivity contribution in [3.8, 4) is 5.75 Å². The van der Waals surface area contributed by atoms with E-state index in [1.807, 2.05) is 31.2 Å². The molecule has 0 fully saturated rings. The van der Waals surface area contributed by atoms with Crippen LogP contribution in [0.1, 0.15) is 11.1 Å². The van der Waals surface area contributed by atoms with Crippen molar-refractivity contribution in [1.82, 2.24) is 0 Å². The van der Waals surface area contributed by atoms with Crippen LogP contribution in [0, 0.1) is 18.6 Å². The Morgan fingerprint density at radius 1 is 1.00 bits per heavy atom. The number of rotatable bonds is 3. The van der Waals surface area contributed by atoms with Crippen LogP contribution in [0.25, 0.3) is 0 Å². The molecule has 0 amide bonds. The molecule has 0 aromatic heterocycles. The molecule has 0 saturated carbocycles. The van der Waals surface area contributed by atoms with Gasteiger partial charge >= 0.3 is 0 Å². The van der Waals surface area contributed by atoms with Crippen LogP contribution in [0.2, 0.25) is 0 Å². The van der Waals surface area contributed by atoms with Crippen LogP contribution in [0.3, 0.4) is 0 Å². The fraction of sp³-hybridized carbons (Fsp3) is 0.0714. The van der Waals surface area contributed by atoms with E-state index in [2.05, 4.69) is 5.16 Å². The molecular formula is C14H11F2NO. The monoisotopic (exact) mass is 247 g/mol. The SMILES string of the molecule is Cc1ccc(/C=N\Oc2cc(F)cc(F)c2)cc1. The molecule has 2 nitrogen and oxygen atoms in total. The van der Waals surface area contributed by atoms with Crippen LogP contribution < -0.4 is 4.84 Å². The second-order valence-corrected chi connectivity index (χ2v) is 3.84. The van der Waals surface area contributed by atoms with Crippen molar-refractivity contribution in [2.75, 3.05) is 0 Å². The lowest BCUT2D eigenvalue weighted by atomic mass is 10.2. The van der Waals surface area contributed by atoms with Gasteiger partial charge in [-0.3, -0.25) is 0 Å². The van der Waals surface area contributed by atoms with Gasteiger partial charge in [-0.1, -0.05) is 35.0 Å². The molecule has 0 saturated heterocycles. The highest BCUT2D eigenvalue weighted by Crippen LogP contribution is 2.15. The van der Waals surface area contributed by atoms with E-state index in [0.29, 0.717) is 0 Å². The molecule has 0 aliphatic heterocycles. The number of aryl methyl sites for hydroxylation is 1. The highest BCUT2D eigenvalue weighted by atomic mass is 19.1. The van der Waals surface area contributed by atoms with E-state index in [9.17, 15) is 8.78 Å². The molecule has 0 radical (unpaired) electrons. The van der Waals surface area contributed by atoms with Crippen molar-refractivity contribution in [2.24, 2.45) is 5.16 Å². The molecule has 0 aliphatic carbocycles. The maximum absolute atomic E-state index is 12.9. The summed E-state index contributed by atoms with van der Waals surface area (Å²) in [4.78, 5) is 4.89. The molecule has 2 aromatic rings. The van der Waals surface area contributed by atoms with E-state index >= 15 is 0 Å². The molecule has 2 aromatic carbocycles. The first-order valence-corrected chi connectivity index (χ1v) is 5.36. The molecule has 0 aliphatic rings. The summed E-state index contributed by atoms with van der Waals surface area (Å²) >= 11 is 0. The molecule has 0 atom stereocenters. The van der Waals surface area contributed by atoms with Crippen LogP contribution in [-0.4, -0.2) is 6.21 Å². The van der Waals surface area contributed by atoms with Crippen LogP contribution >= 0.6 is 0 Å². The Bertz CT molecular complexity index is 544. The Balaban J connectivity index is 2.04. The molecule has 18 heavy (non-hydrogen) atoms. The summed E-state index contributed by atoms with van der Waals surface area (Å²) in [5.41, 5.74) is 1.98. The molecule has 0 bridgehead atoms. The fourth-order valence-corrected chi connectivity index (χ4v) is 1.38. The smallest absolute Gasteiger partial charge is 0.163 e. The summed E-state index contributed by atoms with van der Waals surface area (Å²) in [5.74, 6) is -1.37. The Labute approximate surface area is 104 Å². The lowest BCUT2D eigenvalue weighted by Gasteiger charge is -1.99. The average Bonchev–Trinajstić information content (AvgIpc) is 2.30. The van der Waals surface area contributed by atoms with Gasteiger partial charge in [-0.15, -0.1) is 0 Å². The van der Waals surface area contributed by atoms with Gasteiger partial charge < -0.3 is 4.84 Å². The van der Waals surface area contributed by atoms with Crippen LogP contribution in [0.5, 0.6) is 5.75 Å². The third-order valence-electron chi connectivity index (χ3n) is 2.27. The predicted octanol–water partition coefficient (Wildman–Crippen LogP) is 3.69. The zero-order valence-corrected chi connectivity index (χ0v) is 9.73. The minimum Gasteiger partial charge on any atom is -0.357 e. The predicted molar refractivity (Wildman–Crippen MR) is 65.8 cm³/mol. The van der Waals surface area contributed by atoms with Crippen molar-refractivity contribution in [3.63, 3.8) is 0 Å². The summed E-state index contributed by atoms with van der Waals surface area (Å²) < 4.78 is 25.7. The van der Waals surface area contributed by atoms with Gasteiger partial charge in [0.2, 0.25) is 0 Å². The van der Waals surface area contributed by atoms with E-state index in [0.717, 1.165) is 29.3 Å². The minimum atomic E-state index is -0.699. The Morgan fingerprint density at radius 2 is 1.61 bits per heavy atom. The van der Waals surface area contributed by atoms with Crippen LogP contribution in [0.15, 0.2) is 47.6 Å². The van der Waals surface area contributed by atoms with Gasteiger partial charge in [0.05, 0.1) is 6.21 Å². The van der Waals surface area contributed by atoms with E-state index in [4.69, 9.17) is 4.84 Å². The lowest BCUT2D eigenvalue weighted by Crippen LogP contribution is -1.89. The standard InChI is InChI=1S/C14H11F2NO/c1-10-2-4-11(5-3-10)9-17-18-14-7-12(15)6-13(16)8-14/h2-9H,1H3/b17-9-. The molecule has 0 spiro atoms. The number of oxime groups is 1. The molecule has 4 heteroatoms. The van der Waals surface area contributed by atoms with Gasteiger partial charge in [-0.25, -0.2) is 8.78 Å². The highest BCUT2D eigenvalue weighted by Gasteiger charge is 2.00. The Kier molecular flexibility index (Phi) is 3.67. The molecule has 92 valence electrons. The zero-order chi connectivity index (χ0) is 13.0. The molecule has 0 unspecified atom stereocenters. The summed E-state index contributed by atoms with van der Waals surface area (Å²) in [6.45, 7) is 1.98. The topological polar surface area (TPSA) is 21.6 Å². The molecule has 2 rings (SSSR count). The summed E-state index contributed by atoms with van der Waals surface area (Å²) in [7, 11) is 0. The summed E-state index contributed by atoms with van der Waals surface area (Å²) in [6, 6.07) is 10.5. The largest absolute Gasteiger partial charge is 0.357 e. The maximum Gasteiger partial charge on any atom is 0.163 e. The number of halogens is 2. The van der Waals surface area contributed by atoms with Crippen molar-refractivity contribution >= 4 is 6.21 Å². The first kappa shape index (κ1) is 12.2. The van der Waals surface area contributed by atoms with E-state index in [-0.39, 0.29) is 5.75 Å². The van der Waals surface area contributed by atoms with Crippen molar-refractivity contribution in [1.29, 1.82) is 0 Å². The van der Waals surface area contributed by atoms with Gasteiger partial charge in [0.15, 0.2) is 5.75 Å². The van der Waals surface area contributed by atoms with E-state index in [1.165, 1.54) is 6.21 Å². The zero-order valence-electron chi connectivity index (χ0n) is 9.73. The average molecular weight is 247 g/mol. The normalized spacial score (nSPS) is 10.8. The summed E-state index contributed by atoms with van der Waals surface area (Å²) in [6.07, 6.45) is 1.47. The Hall–Kier alpha value is -2.23. The van der Waals surface area contributed by atoms with Gasteiger partial charge in [-0.2, -0.15) is 0 Å². The van der Waals surface area contributed by atoms with E-state index < -0.39 is 11.6 Å². The molecule has 0 heterocycles. The van der Waals surface area contributed by atoms with E-state index in [1.54, 1.807) is 0 Å². The van der Waals surface area contributed by atoms with Gasteiger partial charge in [-0.05, 0) is 12.5 Å².